The topological polar surface area (TPSA) is 52.6 Å². The SMILES string of the molecule is CC(C#CCNC(=O)O)N1CCCC1. The molecule has 0 aromatic carbocycles. The number of nitrogens with one attached hydrogen (secondary N) is 1. The van der Waals surface area contributed by atoms with E-state index in [1.54, 1.807) is 0 Å². The summed E-state index contributed by atoms with van der Waals surface area (Å²) in [5.74, 6) is 5.84. The molecule has 78 valence electrons. The van der Waals surface area contributed by atoms with Gasteiger partial charge in [-0.25, -0.2) is 4.79 Å². The van der Waals surface area contributed by atoms with Crippen LogP contribution in [-0.4, -0.2) is 41.8 Å². The van der Waals surface area contributed by atoms with Gasteiger partial charge in [-0.1, -0.05) is 11.8 Å². The number of hydrogen-bond donors (Lipinski definition) is 2. The van der Waals surface area contributed by atoms with Crippen molar-refractivity contribution < 1.29 is 9.90 Å². The average molecular weight is 196 g/mol. The quantitative estimate of drug-likeness (QED) is 0.640. The number of hydrogen-bond acceptors (Lipinski definition) is 2. The smallest absolute Gasteiger partial charge is 0.405 e. The van der Waals surface area contributed by atoms with Crippen LogP contribution in [0.3, 0.4) is 0 Å². The van der Waals surface area contributed by atoms with Crippen molar-refractivity contribution in [3.05, 3.63) is 0 Å². The molecule has 0 radical (unpaired) electrons. The van der Waals surface area contributed by atoms with E-state index < -0.39 is 6.09 Å². The second kappa shape index (κ2) is 5.51. The van der Waals surface area contributed by atoms with Crippen molar-refractivity contribution >= 4 is 6.09 Å². The lowest BCUT2D eigenvalue weighted by Crippen LogP contribution is -2.29. The van der Waals surface area contributed by atoms with Crippen LogP contribution in [0.25, 0.3) is 0 Å². The maximum absolute atomic E-state index is 10.1. The molecule has 1 heterocycles. The first-order chi connectivity index (χ1) is 6.70. The van der Waals surface area contributed by atoms with Crippen molar-refractivity contribution in [2.75, 3.05) is 19.6 Å². The molecule has 0 aromatic rings. The summed E-state index contributed by atoms with van der Waals surface area (Å²) in [6.45, 7) is 4.50. The predicted octanol–water partition coefficient (Wildman–Crippen LogP) is 0.742. The normalized spacial score (nSPS) is 18.4. The summed E-state index contributed by atoms with van der Waals surface area (Å²) in [6, 6.07) is 0.244. The Morgan fingerprint density at radius 1 is 1.57 bits per heavy atom. The van der Waals surface area contributed by atoms with E-state index in [2.05, 4.69) is 29.0 Å². The molecule has 1 aliphatic heterocycles. The van der Waals surface area contributed by atoms with Crippen LogP contribution in [0.1, 0.15) is 19.8 Å². The van der Waals surface area contributed by atoms with Crippen LogP contribution in [0.2, 0.25) is 0 Å². The standard InChI is InChI=1S/C10H16N2O2/c1-9(12-7-2-3-8-12)5-4-6-11-10(13)14/h9,11H,2-3,6-8H2,1H3,(H,13,14). The highest BCUT2D eigenvalue weighted by atomic mass is 16.4. The van der Waals surface area contributed by atoms with Crippen LogP contribution in [-0.2, 0) is 0 Å². The number of amides is 1. The minimum atomic E-state index is -1.02. The largest absolute Gasteiger partial charge is 0.465 e. The van der Waals surface area contributed by atoms with Crippen LogP contribution in [0.4, 0.5) is 4.79 Å². The van der Waals surface area contributed by atoms with E-state index in [0.29, 0.717) is 0 Å². The Bertz CT molecular complexity index is 249. The van der Waals surface area contributed by atoms with Gasteiger partial charge in [0.15, 0.2) is 0 Å². The summed E-state index contributed by atoms with van der Waals surface area (Å²) >= 11 is 0. The Labute approximate surface area is 84.3 Å². The van der Waals surface area contributed by atoms with Gasteiger partial charge in [0, 0.05) is 0 Å². The molecule has 4 nitrogen and oxygen atoms in total. The van der Waals surface area contributed by atoms with Gasteiger partial charge >= 0.3 is 6.09 Å². The second-order valence-electron chi connectivity index (χ2n) is 3.40. The molecule has 1 rings (SSSR count). The van der Waals surface area contributed by atoms with E-state index in [-0.39, 0.29) is 12.6 Å². The van der Waals surface area contributed by atoms with E-state index >= 15 is 0 Å². The van der Waals surface area contributed by atoms with E-state index in [4.69, 9.17) is 5.11 Å². The molecule has 1 amide bonds. The summed E-state index contributed by atoms with van der Waals surface area (Å²) in [7, 11) is 0. The lowest BCUT2D eigenvalue weighted by Gasteiger charge is -2.17. The molecule has 1 aliphatic rings. The van der Waals surface area contributed by atoms with Crippen LogP contribution in [0, 0.1) is 11.8 Å². The lowest BCUT2D eigenvalue weighted by molar-refractivity contribution is 0.196. The summed E-state index contributed by atoms with van der Waals surface area (Å²) < 4.78 is 0. The molecule has 0 aliphatic carbocycles. The van der Waals surface area contributed by atoms with Gasteiger partial charge in [-0.3, -0.25) is 4.90 Å². The number of carbonyl (C=O) groups is 1. The summed E-state index contributed by atoms with van der Waals surface area (Å²) in [4.78, 5) is 12.4. The van der Waals surface area contributed by atoms with Crippen molar-refractivity contribution in [2.45, 2.75) is 25.8 Å². The Morgan fingerprint density at radius 3 is 2.79 bits per heavy atom. The number of carboxylic acid groups (broad SMARTS) is 1. The van der Waals surface area contributed by atoms with Crippen molar-refractivity contribution in [2.24, 2.45) is 0 Å². The van der Waals surface area contributed by atoms with E-state index in [1.807, 2.05) is 0 Å². The van der Waals surface area contributed by atoms with Gasteiger partial charge < -0.3 is 10.4 Å². The molecule has 0 bridgehead atoms. The second-order valence-corrected chi connectivity index (χ2v) is 3.40. The van der Waals surface area contributed by atoms with Crippen LogP contribution >= 0.6 is 0 Å². The summed E-state index contributed by atoms with van der Waals surface area (Å²) in [5.41, 5.74) is 0. The van der Waals surface area contributed by atoms with Crippen LogP contribution in [0.15, 0.2) is 0 Å². The summed E-state index contributed by atoms with van der Waals surface area (Å²) in [6.07, 6.45) is 1.48. The molecule has 2 N–H and O–H groups in total. The molecule has 14 heavy (non-hydrogen) atoms. The fourth-order valence-electron chi connectivity index (χ4n) is 1.54. The van der Waals surface area contributed by atoms with Crippen molar-refractivity contribution in [1.82, 2.24) is 10.2 Å². The van der Waals surface area contributed by atoms with Gasteiger partial charge in [-0.05, 0) is 32.9 Å². The molecular formula is C10H16N2O2. The van der Waals surface area contributed by atoms with Gasteiger partial charge in [0.25, 0.3) is 0 Å². The third-order valence-electron chi connectivity index (χ3n) is 2.33. The third-order valence-corrected chi connectivity index (χ3v) is 2.33. The Hall–Kier alpha value is -1.21. The molecule has 1 fully saturated rings. The van der Waals surface area contributed by atoms with Gasteiger partial charge in [0.05, 0.1) is 12.6 Å². The van der Waals surface area contributed by atoms with Crippen molar-refractivity contribution in [3.63, 3.8) is 0 Å². The lowest BCUT2D eigenvalue weighted by atomic mass is 10.3. The molecule has 1 saturated heterocycles. The van der Waals surface area contributed by atoms with Crippen LogP contribution in [0.5, 0.6) is 0 Å². The molecule has 1 atom stereocenters. The minimum absolute atomic E-state index is 0.216. The highest BCUT2D eigenvalue weighted by molar-refractivity contribution is 5.64. The van der Waals surface area contributed by atoms with E-state index in [0.717, 1.165) is 13.1 Å². The fourth-order valence-corrected chi connectivity index (χ4v) is 1.54. The molecule has 1 unspecified atom stereocenters. The molecular weight excluding hydrogens is 180 g/mol. The van der Waals surface area contributed by atoms with E-state index in [1.165, 1.54) is 12.8 Å². The highest BCUT2D eigenvalue weighted by Crippen LogP contribution is 2.10. The van der Waals surface area contributed by atoms with Crippen molar-refractivity contribution in [1.29, 1.82) is 0 Å². The van der Waals surface area contributed by atoms with Gasteiger partial charge in [-0.2, -0.15) is 0 Å². The van der Waals surface area contributed by atoms with Gasteiger partial charge in [-0.15, -0.1) is 0 Å². The monoisotopic (exact) mass is 196 g/mol. The number of likely N-dealkylation sites (tertiary alicyclic amines) is 1. The zero-order valence-corrected chi connectivity index (χ0v) is 8.42. The predicted molar refractivity (Wildman–Crippen MR) is 54.1 cm³/mol. The molecule has 4 heteroatoms. The Kier molecular flexibility index (Phi) is 4.27. The first kappa shape index (κ1) is 10.9. The van der Waals surface area contributed by atoms with E-state index in [9.17, 15) is 4.79 Å². The van der Waals surface area contributed by atoms with Gasteiger partial charge in [0.2, 0.25) is 0 Å². The third kappa shape index (κ3) is 3.67. The zero-order chi connectivity index (χ0) is 10.4. The van der Waals surface area contributed by atoms with Crippen LogP contribution < -0.4 is 5.32 Å². The van der Waals surface area contributed by atoms with Crippen molar-refractivity contribution in [3.8, 4) is 11.8 Å². The Balaban J connectivity index is 2.23. The average Bonchev–Trinajstić information content (AvgIpc) is 2.64. The maximum atomic E-state index is 10.1. The maximum Gasteiger partial charge on any atom is 0.405 e. The first-order valence-electron chi connectivity index (χ1n) is 4.89. The molecule has 0 saturated carbocycles. The van der Waals surface area contributed by atoms with Gasteiger partial charge in [0.1, 0.15) is 0 Å². The zero-order valence-electron chi connectivity index (χ0n) is 8.42. The number of nitrogens with zero attached hydrogens (tertiary/aromatic N) is 1. The highest BCUT2D eigenvalue weighted by Gasteiger charge is 2.15. The Morgan fingerprint density at radius 2 is 2.21 bits per heavy atom. The fraction of sp³-hybridized carbons (Fsp3) is 0.700. The number of rotatable bonds is 2. The minimum Gasteiger partial charge on any atom is -0.465 e. The summed E-state index contributed by atoms with van der Waals surface area (Å²) in [5, 5.41) is 10.5. The first-order valence-corrected chi connectivity index (χ1v) is 4.89. The molecule has 0 aromatic heterocycles. The molecule has 0 spiro atoms.